The number of hydrogen-bond acceptors (Lipinski definition) is 4. The molecule has 1 aliphatic rings. The molecule has 0 atom stereocenters. The third-order valence-electron chi connectivity index (χ3n) is 3.43. The molecule has 1 heterocycles. The maximum Gasteiger partial charge on any atom is 0.298 e. The van der Waals surface area contributed by atoms with Gasteiger partial charge in [0.2, 0.25) is 0 Å². The van der Waals surface area contributed by atoms with E-state index < -0.39 is 0 Å². The van der Waals surface area contributed by atoms with E-state index >= 15 is 0 Å². The summed E-state index contributed by atoms with van der Waals surface area (Å²) in [6, 6.07) is 12.4. The van der Waals surface area contributed by atoms with Gasteiger partial charge in [-0.1, -0.05) is 24.1 Å². The first-order chi connectivity index (χ1) is 12.5. The number of rotatable bonds is 4. The highest BCUT2D eigenvalue weighted by molar-refractivity contribution is 9.11. The molecule has 1 fully saturated rings. The van der Waals surface area contributed by atoms with Crippen LogP contribution in [0.25, 0.3) is 6.08 Å². The number of carbonyl (C=O) groups is 2. The molecule has 1 aliphatic heterocycles. The van der Waals surface area contributed by atoms with Gasteiger partial charge in [0.25, 0.3) is 11.1 Å². The van der Waals surface area contributed by atoms with Gasteiger partial charge in [0.15, 0.2) is 0 Å². The first-order valence-electron chi connectivity index (χ1n) is 7.39. The Bertz CT molecular complexity index is 928. The molecule has 0 N–H and O–H groups in total. The molecule has 0 radical (unpaired) electrons. The van der Waals surface area contributed by atoms with E-state index in [0.29, 0.717) is 25.3 Å². The van der Waals surface area contributed by atoms with Crippen molar-refractivity contribution in [1.29, 1.82) is 0 Å². The van der Waals surface area contributed by atoms with Crippen LogP contribution in [0.4, 0.5) is 10.5 Å². The Labute approximate surface area is 171 Å². The first-order valence-corrected chi connectivity index (χ1v) is 9.80. The molecular formula is C19H11Br2NO3S. The van der Waals surface area contributed by atoms with Crippen LogP contribution in [0.5, 0.6) is 5.75 Å². The molecular weight excluding hydrogens is 482 g/mol. The number of para-hydroxylation sites is 1. The number of halogens is 2. The van der Waals surface area contributed by atoms with Crippen molar-refractivity contribution in [2.24, 2.45) is 0 Å². The molecule has 4 nitrogen and oxygen atoms in total. The number of hydrogen-bond donors (Lipinski definition) is 0. The van der Waals surface area contributed by atoms with Gasteiger partial charge in [0.1, 0.15) is 12.4 Å². The maximum absolute atomic E-state index is 12.6. The Kier molecular flexibility index (Phi) is 5.87. The molecule has 2 amide bonds. The average molecular weight is 493 g/mol. The molecule has 0 aliphatic carbocycles. The number of ether oxygens (including phenoxy) is 1. The molecule has 0 bridgehead atoms. The summed E-state index contributed by atoms with van der Waals surface area (Å²) in [4.78, 5) is 26.4. The number of benzene rings is 2. The molecule has 0 saturated carbocycles. The Hall–Kier alpha value is -2.01. The fourth-order valence-electron chi connectivity index (χ4n) is 2.33. The minimum Gasteiger partial charge on any atom is -0.479 e. The third-order valence-corrected chi connectivity index (χ3v) is 5.47. The summed E-state index contributed by atoms with van der Waals surface area (Å²) < 4.78 is 6.85. The summed E-state index contributed by atoms with van der Waals surface area (Å²) in [7, 11) is 0. The standard InChI is InChI=1S/C19H11Br2NO3S/c1-2-8-25-17-14(20)9-12(10-15(17)21)11-16-18(23)22(19(24)26-16)13-6-4-3-5-7-13/h1,3-7,9-11H,8H2/b16-11-. The largest absolute Gasteiger partial charge is 0.479 e. The summed E-state index contributed by atoms with van der Waals surface area (Å²) >= 11 is 7.77. The molecule has 2 aromatic rings. The summed E-state index contributed by atoms with van der Waals surface area (Å²) in [6.45, 7) is 0.145. The van der Waals surface area contributed by atoms with Crippen molar-refractivity contribution in [3.05, 3.63) is 61.9 Å². The average Bonchev–Trinajstić information content (AvgIpc) is 2.88. The van der Waals surface area contributed by atoms with Crippen LogP contribution in [0.15, 0.2) is 56.3 Å². The van der Waals surface area contributed by atoms with E-state index in [1.807, 2.05) is 6.07 Å². The summed E-state index contributed by atoms with van der Waals surface area (Å²) in [6.07, 6.45) is 6.89. The van der Waals surface area contributed by atoms with E-state index in [4.69, 9.17) is 11.2 Å². The van der Waals surface area contributed by atoms with Gasteiger partial charge >= 0.3 is 0 Å². The van der Waals surface area contributed by atoms with Crippen molar-refractivity contribution in [2.45, 2.75) is 0 Å². The Morgan fingerprint density at radius 2 is 1.81 bits per heavy atom. The fourth-order valence-corrected chi connectivity index (χ4v) is 4.63. The van der Waals surface area contributed by atoms with Crippen molar-refractivity contribution >= 4 is 66.5 Å². The second kappa shape index (κ2) is 8.12. The van der Waals surface area contributed by atoms with E-state index in [9.17, 15) is 9.59 Å². The van der Waals surface area contributed by atoms with Crippen LogP contribution >= 0.6 is 43.6 Å². The number of anilines is 1. The highest BCUT2D eigenvalue weighted by Gasteiger charge is 2.36. The van der Waals surface area contributed by atoms with Crippen LogP contribution < -0.4 is 9.64 Å². The van der Waals surface area contributed by atoms with Crippen molar-refractivity contribution in [1.82, 2.24) is 0 Å². The molecule has 26 heavy (non-hydrogen) atoms. The quantitative estimate of drug-likeness (QED) is 0.419. The van der Waals surface area contributed by atoms with Crippen LogP contribution in [0, 0.1) is 12.3 Å². The first kappa shape index (κ1) is 18.8. The maximum atomic E-state index is 12.6. The fraction of sp³-hybridized carbons (Fsp3) is 0.0526. The van der Waals surface area contributed by atoms with E-state index in [1.54, 1.807) is 42.5 Å². The van der Waals surface area contributed by atoms with Crippen molar-refractivity contribution in [3.63, 3.8) is 0 Å². The lowest BCUT2D eigenvalue weighted by Gasteiger charge is -2.11. The number of thioether (sulfide) groups is 1. The van der Waals surface area contributed by atoms with E-state index in [1.165, 1.54) is 4.90 Å². The summed E-state index contributed by atoms with van der Waals surface area (Å²) in [5.74, 6) is 2.65. The zero-order valence-corrected chi connectivity index (χ0v) is 17.2. The van der Waals surface area contributed by atoms with E-state index in [-0.39, 0.29) is 17.8 Å². The summed E-state index contributed by atoms with van der Waals surface area (Å²) in [5.41, 5.74) is 1.30. The third kappa shape index (κ3) is 3.88. The van der Waals surface area contributed by atoms with Gasteiger partial charge in [-0.05, 0) is 79.5 Å². The molecule has 0 aromatic heterocycles. The number of nitrogens with zero attached hydrogens (tertiary/aromatic N) is 1. The second-order valence-electron chi connectivity index (χ2n) is 5.16. The van der Waals surface area contributed by atoms with Crippen molar-refractivity contribution in [2.75, 3.05) is 11.5 Å². The Morgan fingerprint density at radius 1 is 1.15 bits per heavy atom. The van der Waals surface area contributed by atoms with E-state index in [2.05, 4.69) is 37.8 Å². The predicted molar refractivity (Wildman–Crippen MR) is 111 cm³/mol. The number of carbonyl (C=O) groups excluding carboxylic acids is 2. The highest BCUT2D eigenvalue weighted by atomic mass is 79.9. The van der Waals surface area contributed by atoms with Gasteiger partial charge in [-0.2, -0.15) is 0 Å². The molecule has 1 saturated heterocycles. The van der Waals surface area contributed by atoms with E-state index in [0.717, 1.165) is 17.3 Å². The second-order valence-corrected chi connectivity index (χ2v) is 7.86. The summed E-state index contributed by atoms with van der Waals surface area (Å²) in [5, 5.41) is -0.320. The van der Waals surface area contributed by atoms with Gasteiger partial charge in [-0.15, -0.1) is 6.42 Å². The predicted octanol–water partition coefficient (Wildman–Crippen LogP) is 5.46. The minimum absolute atomic E-state index is 0.145. The van der Waals surface area contributed by atoms with Gasteiger partial charge in [-0.3, -0.25) is 9.59 Å². The number of terminal acetylenes is 1. The van der Waals surface area contributed by atoms with Crippen LogP contribution in [0.1, 0.15) is 5.56 Å². The van der Waals surface area contributed by atoms with Crippen LogP contribution in [0.2, 0.25) is 0 Å². The smallest absolute Gasteiger partial charge is 0.298 e. The molecule has 0 spiro atoms. The van der Waals surface area contributed by atoms with Crippen molar-refractivity contribution in [3.8, 4) is 18.1 Å². The zero-order chi connectivity index (χ0) is 18.7. The van der Waals surface area contributed by atoms with Gasteiger partial charge in [-0.25, -0.2) is 4.90 Å². The molecule has 0 unspecified atom stereocenters. The molecule has 7 heteroatoms. The topological polar surface area (TPSA) is 46.6 Å². The lowest BCUT2D eigenvalue weighted by Crippen LogP contribution is -2.27. The van der Waals surface area contributed by atoms with Gasteiger partial charge in [0, 0.05) is 0 Å². The Morgan fingerprint density at radius 3 is 2.42 bits per heavy atom. The van der Waals surface area contributed by atoms with Crippen molar-refractivity contribution < 1.29 is 14.3 Å². The SMILES string of the molecule is C#CCOc1c(Br)cc(/C=C2\SC(=O)N(c3ccccc3)C2=O)cc1Br. The minimum atomic E-state index is -0.342. The van der Waals surface area contributed by atoms with Crippen LogP contribution in [-0.2, 0) is 4.79 Å². The highest BCUT2D eigenvalue weighted by Crippen LogP contribution is 2.38. The lowest BCUT2D eigenvalue weighted by atomic mass is 10.2. The zero-order valence-electron chi connectivity index (χ0n) is 13.2. The normalized spacial score (nSPS) is 15.4. The van der Waals surface area contributed by atoms with Gasteiger partial charge < -0.3 is 4.74 Å². The molecule has 130 valence electrons. The number of amides is 2. The number of imide groups is 1. The Balaban J connectivity index is 1.90. The van der Waals surface area contributed by atoms with Gasteiger partial charge in [0.05, 0.1) is 19.5 Å². The molecule has 3 rings (SSSR count). The van der Waals surface area contributed by atoms with Crippen LogP contribution in [-0.4, -0.2) is 17.8 Å². The molecule has 2 aromatic carbocycles. The lowest BCUT2D eigenvalue weighted by molar-refractivity contribution is -0.113. The monoisotopic (exact) mass is 491 g/mol. The van der Waals surface area contributed by atoms with Crippen LogP contribution in [0.3, 0.4) is 0 Å².